The van der Waals surface area contributed by atoms with Crippen LogP contribution in [0.3, 0.4) is 0 Å². The molecule has 1 aromatic rings. The van der Waals surface area contributed by atoms with Crippen molar-refractivity contribution in [3.8, 4) is 0 Å². The van der Waals surface area contributed by atoms with Crippen molar-refractivity contribution in [1.29, 1.82) is 0 Å². The number of nitrogens with two attached hydrogens (primary N) is 2. The van der Waals surface area contributed by atoms with Gasteiger partial charge in [-0.25, -0.2) is 0 Å². The molecule has 1 aliphatic carbocycles. The zero-order valence-electron chi connectivity index (χ0n) is 25.9. The van der Waals surface area contributed by atoms with Crippen molar-refractivity contribution in [1.82, 2.24) is 5.32 Å². The van der Waals surface area contributed by atoms with Gasteiger partial charge in [-0.2, -0.15) is 0 Å². The molecular weight excluding hydrogens is 426 g/mol. The molecule has 0 bridgehead atoms. The predicted octanol–water partition coefficient (Wildman–Crippen LogP) is 8.30. The van der Waals surface area contributed by atoms with Gasteiger partial charge in [0.2, 0.25) is 0 Å². The molecule has 0 spiro atoms. The standard InChI is InChI=1S/C12H19N.C8H15N.C7H14.C4H10.CH5N/c1-5-10-7-6-9(2)11(8-10)12(3,4)13;1-6-4-7(2)8(5-6)9-3;1-5-7(4)6(2)3;1-3-4-2;1-2/h6-8H,5,13H2,1-4H3;6,8-9H,2,4-5H2,1,3H3;5-6H,1-4H3;3-4H2,1-2H3;2H2,1H3. The molecule has 0 amide bonds. The highest BCUT2D eigenvalue weighted by Gasteiger charge is 2.22. The second-order valence-corrected chi connectivity index (χ2v) is 10.5. The third-order valence-corrected chi connectivity index (χ3v) is 6.36. The number of rotatable bonds is 5. The summed E-state index contributed by atoms with van der Waals surface area (Å²) in [5.41, 5.74) is 17.1. The van der Waals surface area contributed by atoms with E-state index in [1.807, 2.05) is 7.05 Å². The maximum atomic E-state index is 6.08. The molecule has 5 N–H and O–H groups in total. The Balaban J connectivity index is -0.000000409. The van der Waals surface area contributed by atoms with Crippen molar-refractivity contribution < 1.29 is 0 Å². The Morgan fingerprint density at radius 2 is 1.69 bits per heavy atom. The van der Waals surface area contributed by atoms with Crippen LogP contribution in [0.25, 0.3) is 0 Å². The molecule has 1 aromatic carbocycles. The normalized spacial score (nSPS) is 17.1. The summed E-state index contributed by atoms with van der Waals surface area (Å²) in [5.74, 6) is 1.57. The minimum Gasteiger partial charge on any atom is -0.333 e. The molecule has 0 heterocycles. The molecule has 206 valence electrons. The largest absolute Gasteiger partial charge is 0.333 e. The second-order valence-electron chi connectivity index (χ2n) is 10.5. The van der Waals surface area contributed by atoms with E-state index < -0.39 is 0 Å². The lowest BCUT2D eigenvalue weighted by molar-refractivity contribution is 0.550. The maximum Gasteiger partial charge on any atom is 0.0355 e. The van der Waals surface area contributed by atoms with Crippen molar-refractivity contribution in [2.45, 2.75) is 120 Å². The highest BCUT2D eigenvalue weighted by molar-refractivity contribution is 5.35. The van der Waals surface area contributed by atoms with Crippen LogP contribution in [0.2, 0.25) is 0 Å². The molecule has 2 atom stereocenters. The van der Waals surface area contributed by atoms with Crippen LogP contribution in [0.1, 0.15) is 112 Å². The van der Waals surface area contributed by atoms with Gasteiger partial charge in [-0.05, 0) is 96.5 Å². The fourth-order valence-electron chi connectivity index (χ4n) is 3.48. The molecule has 0 saturated heterocycles. The van der Waals surface area contributed by atoms with Gasteiger partial charge in [-0.15, -0.1) is 0 Å². The van der Waals surface area contributed by atoms with Gasteiger partial charge >= 0.3 is 0 Å². The van der Waals surface area contributed by atoms with E-state index in [9.17, 15) is 0 Å². The first kappa shape index (κ1) is 38.1. The first-order valence-electron chi connectivity index (χ1n) is 13.7. The summed E-state index contributed by atoms with van der Waals surface area (Å²) in [4.78, 5) is 0. The quantitative estimate of drug-likeness (QED) is 0.364. The molecule has 2 rings (SSSR count). The molecule has 35 heavy (non-hydrogen) atoms. The summed E-state index contributed by atoms with van der Waals surface area (Å²) in [6.07, 6.45) is 8.36. The summed E-state index contributed by atoms with van der Waals surface area (Å²) in [7, 11) is 3.51. The Hall–Kier alpha value is -1.42. The lowest BCUT2D eigenvalue weighted by atomic mass is 9.90. The molecule has 2 unspecified atom stereocenters. The minimum absolute atomic E-state index is 0.227. The zero-order valence-corrected chi connectivity index (χ0v) is 25.9. The van der Waals surface area contributed by atoms with Gasteiger partial charge in [0.1, 0.15) is 0 Å². The average molecular weight is 490 g/mol. The highest BCUT2D eigenvalue weighted by atomic mass is 14.9. The summed E-state index contributed by atoms with van der Waals surface area (Å²) in [6, 6.07) is 7.14. The van der Waals surface area contributed by atoms with Crippen LogP contribution in [0.4, 0.5) is 0 Å². The number of unbranched alkanes of at least 4 members (excludes halogenated alkanes) is 1. The molecule has 3 nitrogen and oxygen atoms in total. The van der Waals surface area contributed by atoms with E-state index in [-0.39, 0.29) is 5.54 Å². The van der Waals surface area contributed by atoms with Gasteiger partial charge in [-0.1, -0.05) is 96.4 Å². The number of allylic oxidation sites excluding steroid dienone is 2. The number of aryl methyl sites for hydroxylation is 2. The summed E-state index contributed by atoms with van der Waals surface area (Å²) >= 11 is 0. The summed E-state index contributed by atoms with van der Waals surface area (Å²) in [6.45, 7) is 27.7. The van der Waals surface area contributed by atoms with Crippen molar-refractivity contribution in [2.24, 2.45) is 23.3 Å². The van der Waals surface area contributed by atoms with E-state index in [1.54, 1.807) is 0 Å². The van der Waals surface area contributed by atoms with Crippen molar-refractivity contribution in [2.75, 3.05) is 14.1 Å². The third-order valence-electron chi connectivity index (χ3n) is 6.36. The van der Waals surface area contributed by atoms with Gasteiger partial charge in [0.15, 0.2) is 0 Å². The summed E-state index contributed by atoms with van der Waals surface area (Å²) < 4.78 is 0. The van der Waals surface area contributed by atoms with Crippen LogP contribution in [0.5, 0.6) is 0 Å². The van der Waals surface area contributed by atoms with Gasteiger partial charge < -0.3 is 16.8 Å². The Kier molecular flexibility index (Phi) is 23.8. The molecule has 1 fully saturated rings. The Bertz CT molecular complexity index is 679. The van der Waals surface area contributed by atoms with Crippen molar-refractivity contribution in [3.05, 3.63) is 58.7 Å². The second kappa shape index (κ2) is 21.8. The molecular formula is C32H63N3. The topological polar surface area (TPSA) is 64.1 Å². The predicted molar refractivity (Wildman–Crippen MR) is 163 cm³/mol. The van der Waals surface area contributed by atoms with Gasteiger partial charge in [-0.3, -0.25) is 0 Å². The van der Waals surface area contributed by atoms with E-state index >= 15 is 0 Å². The minimum atomic E-state index is -0.227. The monoisotopic (exact) mass is 490 g/mol. The molecule has 3 heteroatoms. The van der Waals surface area contributed by atoms with Gasteiger partial charge in [0, 0.05) is 11.6 Å². The van der Waals surface area contributed by atoms with Crippen LogP contribution in [-0.2, 0) is 12.0 Å². The number of benzene rings is 1. The highest BCUT2D eigenvalue weighted by Crippen LogP contribution is 2.28. The zero-order chi connectivity index (χ0) is 28.2. The Morgan fingerprint density at radius 3 is 1.91 bits per heavy atom. The maximum absolute atomic E-state index is 6.08. The lowest BCUT2D eigenvalue weighted by Crippen LogP contribution is -2.29. The number of nitrogens with one attached hydrogen (secondary N) is 1. The molecule has 1 aliphatic rings. The first-order chi connectivity index (χ1) is 16.3. The van der Waals surface area contributed by atoms with E-state index in [1.165, 1.54) is 60.6 Å². The molecule has 1 saturated carbocycles. The molecule has 0 radical (unpaired) electrons. The third kappa shape index (κ3) is 18.5. The van der Waals surface area contributed by atoms with Crippen LogP contribution in [0.15, 0.2) is 42.0 Å². The molecule has 0 aromatic heterocycles. The number of hydrogen-bond donors (Lipinski definition) is 3. The van der Waals surface area contributed by atoms with E-state index in [0.717, 1.165) is 18.3 Å². The Labute approximate surface area is 221 Å². The Morgan fingerprint density at radius 1 is 1.17 bits per heavy atom. The van der Waals surface area contributed by atoms with E-state index in [4.69, 9.17) is 5.73 Å². The van der Waals surface area contributed by atoms with Crippen molar-refractivity contribution >= 4 is 0 Å². The fraction of sp³-hybridized carbons (Fsp3) is 0.688. The van der Waals surface area contributed by atoms with Gasteiger partial charge in [0.25, 0.3) is 0 Å². The van der Waals surface area contributed by atoms with E-state index in [2.05, 4.69) is 118 Å². The summed E-state index contributed by atoms with van der Waals surface area (Å²) in [5, 5.41) is 3.24. The van der Waals surface area contributed by atoms with Crippen LogP contribution < -0.4 is 16.8 Å². The van der Waals surface area contributed by atoms with Crippen LogP contribution >= 0.6 is 0 Å². The average Bonchev–Trinajstić information content (AvgIpc) is 3.17. The molecule has 0 aliphatic heterocycles. The number of likely N-dealkylation sites (N-methyl/N-ethyl adjacent to an activating group) is 1. The van der Waals surface area contributed by atoms with Crippen LogP contribution in [-0.4, -0.2) is 20.1 Å². The SMILES string of the molecule is C=C1CC(C)CC1NC.CC=C(C)C(C)C.CCCC.CCc1ccc(C)c(C(C)(C)N)c1.CN. The van der Waals surface area contributed by atoms with Crippen LogP contribution in [0, 0.1) is 18.8 Å². The van der Waals surface area contributed by atoms with Crippen molar-refractivity contribution in [3.63, 3.8) is 0 Å². The number of hydrogen-bond acceptors (Lipinski definition) is 3. The lowest BCUT2D eigenvalue weighted by Gasteiger charge is -2.22. The smallest absolute Gasteiger partial charge is 0.0355 e. The van der Waals surface area contributed by atoms with E-state index in [0.29, 0.717) is 6.04 Å². The first-order valence-corrected chi connectivity index (χ1v) is 13.7. The van der Waals surface area contributed by atoms with Gasteiger partial charge in [0.05, 0.1) is 0 Å². The fourth-order valence-corrected chi connectivity index (χ4v) is 3.48.